The highest BCUT2D eigenvalue weighted by molar-refractivity contribution is 9.10. The Labute approximate surface area is 194 Å². The number of aliphatic hydroxyl groups is 1. The highest BCUT2D eigenvalue weighted by atomic mass is 79.9. The van der Waals surface area contributed by atoms with Crippen LogP contribution in [0, 0.1) is 6.92 Å². The number of rotatable bonds is 6. The molecule has 1 amide bonds. The molecule has 0 saturated carbocycles. The van der Waals surface area contributed by atoms with Crippen LogP contribution in [0.2, 0.25) is 0 Å². The summed E-state index contributed by atoms with van der Waals surface area (Å²) in [7, 11) is 0. The third-order valence-corrected chi connectivity index (χ3v) is 7.28. The lowest BCUT2D eigenvalue weighted by atomic mass is 9.89. The molecule has 0 aliphatic carbocycles. The van der Waals surface area contributed by atoms with Crippen LogP contribution in [0.5, 0.6) is 0 Å². The summed E-state index contributed by atoms with van der Waals surface area (Å²) in [6.07, 6.45) is -0.280. The number of carbonyl (C=O) groups is 2. The zero-order valence-electron chi connectivity index (χ0n) is 17.7. The fourth-order valence-corrected chi connectivity index (χ4v) is 5.02. The number of hydrogen-bond acceptors (Lipinski definition) is 4. The number of anilines is 1. The van der Waals surface area contributed by atoms with E-state index in [9.17, 15) is 14.7 Å². The van der Waals surface area contributed by atoms with Gasteiger partial charge < -0.3 is 10.0 Å². The first-order chi connectivity index (χ1) is 14.7. The Morgan fingerprint density at radius 1 is 1.19 bits per heavy atom. The number of hydrogen-bond donors (Lipinski definition) is 1. The number of ketones is 1. The fourth-order valence-electron chi connectivity index (χ4n) is 4.00. The number of Topliss-reactive ketones (excluding diaryl/α,β-unsaturated/α-hetero) is 1. The Kier molecular flexibility index (Phi) is 5.90. The third-order valence-electron chi connectivity index (χ3n) is 5.87. The normalized spacial score (nSPS) is 18.0. The maximum atomic E-state index is 13.5. The average molecular weight is 498 g/mol. The van der Waals surface area contributed by atoms with E-state index in [4.69, 9.17) is 0 Å². The molecule has 0 bridgehead atoms. The summed E-state index contributed by atoms with van der Waals surface area (Å²) in [6.45, 7) is 6.64. The molecule has 1 N–H and O–H groups in total. The van der Waals surface area contributed by atoms with Crippen molar-refractivity contribution >= 4 is 44.6 Å². The van der Waals surface area contributed by atoms with Gasteiger partial charge in [-0.15, -0.1) is 11.3 Å². The molecule has 1 unspecified atom stereocenters. The molecule has 4 rings (SSSR count). The van der Waals surface area contributed by atoms with Crippen LogP contribution in [0.1, 0.15) is 58.1 Å². The Morgan fingerprint density at radius 2 is 1.97 bits per heavy atom. The lowest BCUT2D eigenvalue weighted by Crippen LogP contribution is -2.41. The molecule has 2 heterocycles. The zero-order chi connectivity index (χ0) is 22.3. The van der Waals surface area contributed by atoms with Crippen molar-refractivity contribution in [2.75, 3.05) is 4.90 Å². The van der Waals surface area contributed by atoms with E-state index in [2.05, 4.69) is 48.0 Å². The van der Waals surface area contributed by atoms with Crippen molar-refractivity contribution in [2.24, 2.45) is 0 Å². The Bertz CT molecular complexity index is 1160. The number of thiophene rings is 1. The van der Waals surface area contributed by atoms with Crippen molar-refractivity contribution in [3.05, 3.63) is 85.5 Å². The number of amides is 1. The van der Waals surface area contributed by atoms with E-state index < -0.39 is 11.5 Å². The van der Waals surface area contributed by atoms with Crippen LogP contribution in [0.25, 0.3) is 0 Å². The van der Waals surface area contributed by atoms with Crippen LogP contribution in [-0.2, 0) is 16.9 Å². The topological polar surface area (TPSA) is 57.6 Å². The number of benzene rings is 2. The van der Waals surface area contributed by atoms with E-state index in [0.717, 1.165) is 15.6 Å². The van der Waals surface area contributed by atoms with E-state index in [1.807, 2.05) is 24.4 Å². The molecule has 1 aromatic heterocycles. The molecular weight excluding hydrogens is 474 g/mol. The molecule has 160 valence electrons. The second-order valence-electron chi connectivity index (χ2n) is 8.33. The van der Waals surface area contributed by atoms with Gasteiger partial charge in [-0.05, 0) is 59.2 Å². The van der Waals surface area contributed by atoms with Crippen LogP contribution in [-0.4, -0.2) is 16.8 Å². The van der Waals surface area contributed by atoms with Crippen molar-refractivity contribution in [3.8, 4) is 0 Å². The average Bonchev–Trinajstić information content (AvgIpc) is 3.33. The molecule has 0 spiro atoms. The summed E-state index contributed by atoms with van der Waals surface area (Å²) in [5.74, 6) is -0.325. The third kappa shape index (κ3) is 4.00. The quantitative estimate of drug-likeness (QED) is 0.428. The molecule has 1 aliphatic rings. The van der Waals surface area contributed by atoms with Gasteiger partial charge in [0, 0.05) is 10.0 Å². The number of nitrogens with zero attached hydrogens (tertiary/aromatic N) is 1. The first-order valence-electron chi connectivity index (χ1n) is 10.2. The van der Waals surface area contributed by atoms with Crippen molar-refractivity contribution in [1.29, 1.82) is 0 Å². The second kappa shape index (κ2) is 8.34. The molecule has 0 saturated heterocycles. The van der Waals surface area contributed by atoms with Gasteiger partial charge in [-0.2, -0.15) is 0 Å². The zero-order valence-corrected chi connectivity index (χ0v) is 20.1. The minimum atomic E-state index is -1.89. The van der Waals surface area contributed by atoms with Gasteiger partial charge in [0.25, 0.3) is 5.91 Å². The molecule has 2 aromatic carbocycles. The highest BCUT2D eigenvalue weighted by Crippen LogP contribution is 2.45. The van der Waals surface area contributed by atoms with E-state index in [0.29, 0.717) is 28.6 Å². The first-order valence-corrected chi connectivity index (χ1v) is 11.9. The van der Waals surface area contributed by atoms with Gasteiger partial charge in [0.05, 0.1) is 23.5 Å². The molecular formula is C25H24BrNO3S. The summed E-state index contributed by atoms with van der Waals surface area (Å²) in [6, 6.07) is 15.2. The second-order valence-corrected chi connectivity index (χ2v) is 10.2. The summed E-state index contributed by atoms with van der Waals surface area (Å²) >= 11 is 4.76. The van der Waals surface area contributed by atoms with Crippen molar-refractivity contribution in [2.45, 2.75) is 45.3 Å². The summed E-state index contributed by atoms with van der Waals surface area (Å²) in [5, 5.41) is 13.4. The predicted octanol–water partition coefficient (Wildman–Crippen LogP) is 5.95. The smallest absolute Gasteiger partial charge is 0.264 e. The molecule has 3 aromatic rings. The van der Waals surface area contributed by atoms with Gasteiger partial charge in [-0.3, -0.25) is 9.59 Å². The van der Waals surface area contributed by atoms with E-state index in [1.165, 1.54) is 16.9 Å². The van der Waals surface area contributed by atoms with Crippen LogP contribution in [0.4, 0.5) is 5.69 Å². The Morgan fingerprint density at radius 3 is 2.65 bits per heavy atom. The van der Waals surface area contributed by atoms with Gasteiger partial charge in [0.1, 0.15) is 0 Å². The first kappa shape index (κ1) is 21.9. The van der Waals surface area contributed by atoms with Gasteiger partial charge in [0.15, 0.2) is 11.4 Å². The van der Waals surface area contributed by atoms with Crippen molar-refractivity contribution < 1.29 is 14.7 Å². The van der Waals surface area contributed by atoms with Gasteiger partial charge in [0.2, 0.25) is 0 Å². The van der Waals surface area contributed by atoms with Crippen LogP contribution in [0.3, 0.4) is 0 Å². The molecule has 1 atom stereocenters. The maximum absolute atomic E-state index is 13.5. The molecule has 0 fully saturated rings. The molecule has 1 aliphatic heterocycles. The summed E-state index contributed by atoms with van der Waals surface area (Å²) in [4.78, 5) is 28.5. The lowest BCUT2D eigenvalue weighted by molar-refractivity contribution is -0.136. The lowest BCUT2D eigenvalue weighted by Gasteiger charge is -2.23. The number of carbonyl (C=O) groups excluding carboxylic acids is 2. The van der Waals surface area contributed by atoms with Gasteiger partial charge in [-0.1, -0.05) is 54.0 Å². The van der Waals surface area contributed by atoms with Crippen LogP contribution < -0.4 is 4.90 Å². The Balaban J connectivity index is 1.73. The van der Waals surface area contributed by atoms with Gasteiger partial charge >= 0.3 is 0 Å². The summed E-state index contributed by atoms with van der Waals surface area (Å²) < 4.78 is 0.751. The van der Waals surface area contributed by atoms with Crippen molar-refractivity contribution in [3.63, 3.8) is 0 Å². The monoisotopic (exact) mass is 497 g/mol. The van der Waals surface area contributed by atoms with Crippen LogP contribution >= 0.6 is 27.3 Å². The van der Waals surface area contributed by atoms with Gasteiger partial charge in [-0.25, -0.2) is 0 Å². The Hall–Kier alpha value is -2.28. The maximum Gasteiger partial charge on any atom is 0.264 e. The van der Waals surface area contributed by atoms with E-state index >= 15 is 0 Å². The fraction of sp³-hybridized carbons (Fsp3) is 0.280. The molecule has 4 nitrogen and oxygen atoms in total. The number of aryl methyl sites for hydroxylation is 1. The largest absolute Gasteiger partial charge is 0.375 e. The van der Waals surface area contributed by atoms with Crippen LogP contribution in [0.15, 0.2) is 58.4 Å². The molecule has 6 heteroatoms. The van der Waals surface area contributed by atoms with E-state index in [1.54, 1.807) is 23.1 Å². The number of halogens is 1. The summed E-state index contributed by atoms with van der Waals surface area (Å²) in [5.41, 5.74) is 2.54. The number of fused-ring (bicyclic) bond motifs is 1. The molecule has 0 radical (unpaired) electrons. The molecule has 31 heavy (non-hydrogen) atoms. The SMILES string of the molecule is Cc1ccc(C(C)C)cc1CN1C(=O)C(O)(CC(=O)c2cccs2)c2cc(Br)ccc21. The van der Waals surface area contributed by atoms with E-state index in [-0.39, 0.29) is 12.2 Å². The standard InChI is InChI=1S/C25H24BrNO3S/c1-15(2)17-7-6-16(3)18(11-17)14-27-21-9-8-19(26)12-20(21)25(30,24(27)29)13-22(28)23-5-4-10-31-23/h4-12,15,30H,13-14H2,1-3H3. The predicted molar refractivity (Wildman–Crippen MR) is 128 cm³/mol. The van der Waals surface area contributed by atoms with Crippen molar-refractivity contribution in [1.82, 2.24) is 0 Å². The highest BCUT2D eigenvalue weighted by Gasteiger charge is 2.51. The minimum absolute atomic E-state index is 0.239. The minimum Gasteiger partial charge on any atom is -0.375 e.